The lowest BCUT2D eigenvalue weighted by Crippen LogP contribution is -2.15. The van der Waals surface area contributed by atoms with Gasteiger partial charge in [0.05, 0.1) is 0 Å². The van der Waals surface area contributed by atoms with Gasteiger partial charge in [-0.15, -0.1) is 6.08 Å². The number of pyridine rings is 1. The summed E-state index contributed by atoms with van der Waals surface area (Å²) in [6, 6.07) is 5.72. The first-order valence-corrected chi connectivity index (χ1v) is 11.9. The predicted molar refractivity (Wildman–Crippen MR) is 107 cm³/mol. The van der Waals surface area contributed by atoms with Crippen LogP contribution in [0.15, 0.2) is 41.6 Å². The van der Waals surface area contributed by atoms with E-state index in [1.54, 1.807) is 12.4 Å². The Morgan fingerprint density at radius 2 is 1.48 bits per heavy atom. The first-order chi connectivity index (χ1) is 11.1. The first-order valence-electron chi connectivity index (χ1n) is 9.57. The molecule has 1 rings (SSSR count). The van der Waals surface area contributed by atoms with Crippen LogP contribution >= 0.6 is 0 Å². The van der Waals surface area contributed by atoms with Gasteiger partial charge in [-0.1, -0.05) is 71.8 Å². The molecule has 0 saturated carbocycles. The lowest BCUT2D eigenvalue weighted by atomic mass is 10.2. The van der Waals surface area contributed by atoms with Gasteiger partial charge < -0.3 is 4.94 Å². The Morgan fingerprint density at radius 1 is 0.870 bits per heavy atom. The van der Waals surface area contributed by atoms with E-state index in [9.17, 15) is 0 Å². The van der Waals surface area contributed by atoms with Crippen LogP contribution in [0, 0.1) is 11.8 Å². The highest BCUT2D eigenvalue weighted by atomic mass is 27.2. The molecule has 1 heterocycles. The Bertz CT molecular complexity index is 323. The molecule has 1 radical (unpaired) electrons. The molecule has 0 amide bonds. The summed E-state index contributed by atoms with van der Waals surface area (Å²) >= 11 is -0.589. The second-order valence-electron chi connectivity index (χ2n) is 7.32. The van der Waals surface area contributed by atoms with E-state index in [0.717, 1.165) is 11.8 Å². The van der Waals surface area contributed by atoms with Gasteiger partial charge in [-0.3, -0.25) is 4.98 Å². The summed E-state index contributed by atoms with van der Waals surface area (Å²) in [6.45, 7) is 11.8. The van der Waals surface area contributed by atoms with Crippen LogP contribution < -0.4 is 0 Å². The zero-order chi connectivity index (χ0) is 17.3. The topological polar surface area (TPSA) is 12.9 Å². The van der Waals surface area contributed by atoms with Crippen molar-refractivity contribution in [2.24, 2.45) is 11.8 Å². The molecule has 0 bridgehead atoms. The Hall–Kier alpha value is -0.578. The average Bonchev–Trinajstić information content (AvgIpc) is 2.52. The zero-order valence-electron chi connectivity index (χ0n) is 16.2. The minimum Gasteiger partial charge on any atom is -0.306 e. The molecule has 2 heteroatoms. The molecule has 0 fully saturated rings. The molecule has 0 unspecified atom stereocenters. The summed E-state index contributed by atoms with van der Waals surface area (Å²) in [5, 5.41) is 2.98. The highest BCUT2D eigenvalue weighted by molar-refractivity contribution is 6.64. The van der Waals surface area contributed by atoms with E-state index in [4.69, 9.17) is 0 Å². The Kier molecular flexibility index (Phi) is 15.9. The third-order valence-electron chi connectivity index (χ3n) is 3.75. The number of allylic oxidation sites excluding steroid dienone is 1. The number of hydrogen-bond acceptors (Lipinski definition) is 1. The molecule has 0 N–H and O–H groups in total. The molecule has 0 spiro atoms. The zero-order valence-corrected chi connectivity index (χ0v) is 17.3. The molecule has 0 aliphatic carbocycles. The fourth-order valence-electron chi connectivity index (χ4n) is 2.75. The minimum atomic E-state index is -0.589. The smallest absolute Gasteiger partial charge is 0.0267 e. The summed E-state index contributed by atoms with van der Waals surface area (Å²) in [5.74, 6) is 1.77. The van der Waals surface area contributed by atoms with Gasteiger partial charge in [-0.2, -0.15) is 0 Å². The molecule has 1 nitrogen and oxygen atoms in total. The van der Waals surface area contributed by atoms with Crippen molar-refractivity contribution < 1.29 is 0 Å². The maximum Gasteiger partial charge on any atom is 0.0267 e. The second kappa shape index (κ2) is 16.3. The first kappa shape index (κ1) is 22.4. The molecule has 1 aromatic heterocycles. The van der Waals surface area contributed by atoms with Crippen molar-refractivity contribution in [3.05, 3.63) is 41.6 Å². The number of unbranched alkanes of at least 4 members (excludes halogenated alkanes) is 4. The van der Waals surface area contributed by atoms with Gasteiger partial charge >= 0.3 is 0 Å². The molecule has 1 aromatic rings. The van der Waals surface area contributed by atoms with Crippen molar-refractivity contribution >= 4 is 14.1 Å². The standard InChI is InChI=1S/C8H15.C5H5N.2C4H9.Al/c1-3-5-7-8-6-4-2;1-2-4-6-5-3-1;2*1-4(2)3;/h1,3H,4-8H2,2H3;1-5H;2*4H,1H2,2-3H3;/q;;;;-1. The fraction of sp³-hybridized carbons (Fsp3) is 0.667. The van der Waals surface area contributed by atoms with Gasteiger partial charge in [0.1, 0.15) is 0 Å². The van der Waals surface area contributed by atoms with E-state index in [1.165, 1.54) is 42.7 Å². The van der Waals surface area contributed by atoms with E-state index in [-0.39, 0.29) is 0 Å². The molecule has 0 aromatic carbocycles. The highest BCUT2D eigenvalue weighted by Gasteiger charge is 2.02. The van der Waals surface area contributed by atoms with Gasteiger partial charge in [0.25, 0.3) is 0 Å². The Labute approximate surface area is 150 Å². The highest BCUT2D eigenvalue weighted by Crippen LogP contribution is 2.16. The van der Waals surface area contributed by atoms with Crippen LogP contribution in [0.2, 0.25) is 10.6 Å². The van der Waals surface area contributed by atoms with Crippen molar-refractivity contribution in [2.75, 3.05) is 0 Å². The molecule has 0 saturated heterocycles. The number of hydrogen-bond donors (Lipinski definition) is 0. The fourth-order valence-corrected chi connectivity index (χ4v) is 6.26. The van der Waals surface area contributed by atoms with Crippen molar-refractivity contribution in [1.29, 1.82) is 0 Å². The van der Waals surface area contributed by atoms with Crippen LogP contribution in [0.3, 0.4) is 0 Å². The van der Waals surface area contributed by atoms with Gasteiger partial charge in [0, 0.05) is 12.4 Å². The van der Waals surface area contributed by atoms with Crippen LogP contribution in [-0.4, -0.2) is 19.1 Å². The average molecular weight is 332 g/mol. The third kappa shape index (κ3) is 17.6. The van der Waals surface area contributed by atoms with E-state index >= 15 is 0 Å². The maximum absolute atomic E-state index is 3.78. The summed E-state index contributed by atoms with van der Waals surface area (Å²) in [7, 11) is 0. The van der Waals surface area contributed by atoms with Crippen LogP contribution in [-0.2, 0) is 0 Å². The third-order valence-corrected chi connectivity index (χ3v) is 7.66. The summed E-state index contributed by atoms with van der Waals surface area (Å²) in [4.78, 5) is 6.42. The van der Waals surface area contributed by atoms with E-state index in [0.29, 0.717) is 0 Å². The van der Waals surface area contributed by atoms with Gasteiger partial charge in [-0.25, -0.2) is 10.6 Å². The van der Waals surface area contributed by atoms with E-state index in [2.05, 4.69) is 50.6 Å². The van der Waals surface area contributed by atoms with Crippen molar-refractivity contribution in [2.45, 2.75) is 77.3 Å². The monoisotopic (exact) mass is 331 g/mol. The summed E-state index contributed by atoms with van der Waals surface area (Å²) in [5.41, 5.74) is 0. The largest absolute Gasteiger partial charge is 0.306 e. The maximum atomic E-state index is 3.78. The number of aromatic nitrogens is 1. The summed E-state index contributed by atoms with van der Waals surface area (Å²) < 4.78 is 0. The second-order valence-corrected chi connectivity index (χ2v) is 10.2. The molecule has 131 valence electrons. The van der Waals surface area contributed by atoms with Crippen LogP contribution in [0.4, 0.5) is 0 Å². The Balaban J connectivity index is 0.000000664. The van der Waals surface area contributed by atoms with Gasteiger partial charge in [0.15, 0.2) is 0 Å². The predicted octanol–water partition coefficient (Wildman–Crippen LogP) is 6.94. The van der Waals surface area contributed by atoms with Crippen LogP contribution in [0.1, 0.15) is 66.7 Å². The minimum absolute atomic E-state index is 0.589. The lowest BCUT2D eigenvalue weighted by molar-refractivity contribution is 0.674. The molecule has 0 atom stereocenters. The number of rotatable bonds is 10. The van der Waals surface area contributed by atoms with Crippen molar-refractivity contribution in [3.63, 3.8) is 0 Å². The van der Waals surface area contributed by atoms with Crippen molar-refractivity contribution in [3.8, 4) is 0 Å². The normalized spacial score (nSPS) is 11.3. The molecular formula is C21H38AlN-. The molecule has 0 aliphatic rings. The molecule has 0 aliphatic heterocycles. The van der Waals surface area contributed by atoms with Gasteiger partial charge in [0.2, 0.25) is 0 Å². The molecular weight excluding hydrogens is 293 g/mol. The number of nitrogens with zero attached hydrogens (tertiary/aromatic N) is 1. The quantitative estimate of drug-likeness (QED) is 0.334. The molecule has 23 heavy (non-hydrogen) atoms. The van der Waals surface area contributed by atoms with E-state index < -0.39 is 14.1 Å². The Morgan fingerprint density at radius 3 is 1.87 bits per heavy atom. The SMILES string of the molecule is CCCCCC/C=[CH]/[Al-]([CH2]C(C)C)[CH2]C(C)C.c1ccncc1. The van der Waals surface area contributed by atoms with Crippen molar-refractivity contribution in [1.82, 2.24) is 4.98 Å². The van der Waals surface area contributed by atoms with E-state index in [1.807, 2.05) is 18.2 Å². The van der Waals surface area contributed by atoms with Gasteiger partial charge in [-0.05, 0) is 39.1 Å². The summed E-state index contributed by atoms with van der Waals surface area (Å²) in [6.07, 6.45) is 12.9. The van der Waals surface area contributed by atoms with Crippen LogP contribution in [0.5, 0.6) is 0 Å². The lowest BCUT2D eigenvalue weighted by Gasteiger charge is -2.25. The van der Waals surface area contributed by atoms with Crippen LogP contribution in [0.25, 0.3) is 0 Å².